The third kappa shape index (κ3) is 5.94. The molecule has 2 atom stereocenters. The lowest BCUT2D eigenvalue weighted by Gasteiger charge is -2.22. The highest BCUT2D eigenvalue weighted by Crippen LogP contribution is 2.42. The number of esters is 3. The van der Waals surface area contributed by atoms with Gasteiger partial charge in [-0.2, -0.15) is 0 Å². The van der Waals surface area contributed by atoms with Crippen LogP contribution in [0.3, 0.4) is 0 Å². The molecule has 3 rings (SSSR count). The largest absolute Gasteiger partial charge is 0.496 e. The zero-order valence-corrected chi connectivity index (χ0v) is 21.9. The highest BCUT2D eigenvalue weighted by Gasteiger charge is 2.33. The van der Waals surface area contributed by atoms with E-state index in [9.17, 15) is 14.4 Å². The molecular formula is C28H32O9. The summed E-state index contributed by atoms with van der Waals surface area (Å²) >= 11 is 0. The first-order valence-electron chi connectivity index (χ1n) is 11.7. The Hall–Kier alpha value is -3.85. The monoisotopic (exact) mass is 512 g/mol. The van der Waals surface area contributed by atoms with Crippen LogP contribution < -0.4 is 9.47 Å². The highest BCUT2D eigenvalue weighted by molar-refractivity contribution is 5.98. The Morgan fingerprint density at radius 2 is 1.73 bits per heavy atom. The summed E-state index contributed by atoms with van der Waals surface area (Å²) in [6, 6.07) is 8.93. The fourth-order valence-electron chi connectivity index (χ4n) is 4.36. The van der Waals surface area contributed by atoms with Gasteiger partial charge in [-0.1, -0.05) is 36.4 Å². The summed E-state index contributed by atoms with van der Waals surface area (Å²) in [5, 5.41) is 0. The van der Waals surface area contributed by atoms with Crippen molar-refractivity contribution in [3.63, 3.8) is 0 Å². The smallest absolute Gasteiger partial charge is 0.342 e. The molecule has 1 heterocycles. The van der Waals surface area contributed by atoms with E-state index in [2.05, 4.69) is 0 Å². The second-order valence-corrected chi connectivity index (χ2v) is 8.48. The Morgan fingerprint density at radius 3 is 2.32 bits per heavy atom. The van der Waals surface area contributed by atoms with Crippen LogP contribution in [0.25, 0.3) is 0 Å². The van der Waals surface area contributed by atoms with Crippen LogP contribution in [0.5, 0.6) is 11.5 Å². The Kier molecular flexibility index (Phi) is 9.30. The molecule has 0 radical (unpaired) electrons. The molecule has 0 aliphatic carbocycles. The van der Waals surface area contributed by atoms with Crippen molar-refractivity contribution >= 4 is 17.9 Å². The third-order valence-corrected chi connectivity index (χ3v) is 6.36. The van der Waals surface area contributed by atoms with Gasteiger partial charge in [-0.25, -0.2) is 9.59 Å². The van der Waals surface area contributed by atoms with Crippen molar-refractivity contribution in [3.05, 3.63) is 69.8 Å². The van der Waals surface area contributed by atoms with Crippen LogP contribution in [0.4, 0.5) is 0 Å². The molecule has 0 amide bonds. The van der Waals surface area contributed by atoms with Gasteiger partial charge in [0, 0.05) is 18.2 Å². The Bertz CT molecular complexity index is 1180. The van der Waals surface area contributed by atoms with E-state index in [-0.39, 0.29) is 19.4 Å². The Balaban J connectivity index is 1.93. The Morgan fingerprint density at radius 1 is 1.05 bits per heavy atom. The molecule has 9 nitrogen and oxygen atoms in total. The maximum atomic E-state index is 13.0. The number of benzene rings is 2. The van der Waals surface area contributed by atoms with Crippen molar-refractivity contribution in [3.8, 4) is 11.5 Å². The molecule has 0 spiro atoms. The zero-order chi connectivity index (χ0) is 27.1. The topological polar surface area (TPSA) is 107 Å². The molecule has 0 fully saturated rings. The molecule has 1 aliphatic rings. The van der Waals surface area contributed by atoms with Gasteiger partial charge in [0.15, 0.2) is 6.10 Å². The molecule has 0 N–H and O–H groups in total. The van der Waals surface area contributed by atoms with Crippen molar-refractivity contribution in [2.24, 2.45) is 0 Å². The lowest BCUT2D eigenvalue weighted by molar-refractivity contribution is -0.162. The second kappa shape index (κ2) is 12.4. The number of ether oxygens (including phenoxy) is 6. The minimum atomic E-state index is -0.959. The summed E-state index contributed by atoms with van der Waals surface area (Å²) in [6.45, 7) is 3.76. The van der Waals surface area contributed by atoms with Gasteiger partial charge in [-0.15, -0.1) is 0 Å². The van der Waals surface area contributed by atoms with Crippen LogP contribution in [0.2, 0.25) is 0 Å². The number of rotatable bonds is 11. The summed E-state index contributed by atoms with van der Waals surface area (Å²) in [4.78, 5) is 37.6. The van der Waals surface area contributed by atoms with Crippen LogP contribution in [-0.4, -0.2) is 52.5 Å². The third-order valence-electron chi connectivity index (χ3n) is 6.36. The molecule has 0 saturated carbocycles. The van der Waals surface area contributed by atoms with Crippen molar-refractivity contribution in [1.82, 2.24) is 0 Å². The number of hydrogen-bond donors (Lipinski definition) is 0. The molecule has 2 aromatic rings. The van der Waals surface area contributed by atoms with E-state index in [1.807, 2.05) is 13.0 Å². The quantitative estimate of drug-likeness (QED) is 0.251. The van der Waals surface area contributed by atoms with Gasteiger partial charge in [-0.3, -0.25) is 4.79 Å². The van der Waals surface area contributed by atoms with Gasteiger partial charge in [0.25, 0.3) is 0 Å². The normalized spacial score (nSPS) is 14.3. The van der Waals surface area contributed by atoms with Gasteiger partial charge >= 0.3 is 17.9 Å². The molecule has 0 unspecified atom stereocenters. The average Bonchev–Trinajstić information content (AvgIpc) is 3.29. The minimum absolute atomic E-state index is 0.154. The summed E-state index contributed by atoms with van der Waals surface area (Å²) in [5.74, 6) is -0.687. The van der Waals surface area contributed by atoms with Crippen molar-refractivity contribution < 1.29 is 42.8 Å². The van der Waals surface area contributed by atoms with Gasteiger partial charge in [0.2, 0.25) is 0 Å². The zero-order valence-electron chi connectivity index (χ0n) is 21.9. The number of fused-ring (bicyclic) bond motifs is 1. The van der Waals surface area contributed by atoms with E-state index in [1.54, 1.807) is 44.4 Å². The molecule has 0 bridgehead atoms. The van der Waals surface area contributed by atoms with Crippen molar-refractivity contribution in [1.29, 1.82) is 0 Å². The fraction of sp³-hybridized carbons (Fsp3) is 0.393. The van der Waals surface area contributed by atoms with E-state index in [1.165, 1.54) is 21.3 Å². The number of hydrogen-bond acceptors (Lipinski definition) is 9. The number of cyclic esters (lactones) is 1. The van der Waals surface area contributed by atoms with E-state index < -0.39 is 30.1 Å². The van der Waals surface area contributed by atoms with Gasteiger partial charge in [-0.05, 0) is 37.0 Å². The first-order chi connectivity index (χ1) is 17.8. The van der Waals surface area contributed by atoms with Crippen LogP contribution >= 0.6 is 0 Å². The summed E-state index contributed by atoms with van der Waals surface area (Å²) in [5.41, 5.74) is 3.77. The van der Waals surface area contributed by atoms with Crippen LogP contribution in [0.1, 0.15) is 52.1 Å². The summed E-state index contributed by atoms with van der Waals surface area (Å²) < 4.78 is 32.4. The molecule has 0 saturated heterocycles. The predicted octanol–water partition coefficient (Wildman–Crippen LogP) is 4.03. The number of carbonyl (C=O) groups excluding carboxylic acids is 3. The second-order valence-electron chi connectivity index (χ2n) is 8.48. The lowest BCUT2D eigenvalue weighted by atomic mass is 9.94. The van der Waals surface area contributed by atoms with E-state index in [0.29, 0.717) is 33.8 Å². The summed E-state index contributed by atoms with van der Waals surface area (Å²) in [6.07, 6.45) is 0.0388. The van der Waals surface area contributed by atoms with Crippen molar-refractivity contribution in [2.75, 3.05) is 28.4 Å². The molecule has 198 valence electrons. The Labute approximate surface area is 216 Å². The summed E-state index contributed by atoms with van der Waals surface area (Å²) in [7, 11) is 5.70. The van der Waals surface area contributed by atoms with E-state index >= 15 is 0 Å². The standard InChI is InChI=1S/C28H32O9/c1-16(12-13-19-24(33-4)17(2)20-15-36-27(30)23(20)26(19)35-6)21(14-22(29)32-3)37-28(31)25(34-5)18-10-8-7-9-11-18/h7-12,21,25H,13-15H2,1-6H3/b16-12+/t21-,25-/m0/s1. The first-order valence-corrected chi connectivity index (χ1v) is 11.7. The van der Waals surface area contributed by atoms with Crippen LogP contribution in [0.15, 0.2) is 42.0 Å². The average molecular weight is 513 g/mol. The SMILES string of the molecule is COC(=O)C[C@H](OC(=O)[C@@H](OC)c1ccccc1)/C(C)=C/Cc1c(OC)c(C)c2c(c1OC)C(=O)OC2. The highest BCUT2D eigenvalue weighted by atomic mass is 16.6. The molecule has 2 aromatic carbocycles. The molecule has 37 heavy (non-hydrogen) atoms. The molecule has 9 heteroatoms. The fourth-order valence-corrected chi connectivity index (χ4v) is 4.36. The minimum Gasteiger partial charge on any atom is -0.496 e. The van der Waals surface area contributed by atoms with Crippen LogP contribution in [-0.2, 0) is 41.6 Å². The maximum absolute atomic E-state index is 13.0. The van der Waals surface area contributed by atoms with Gasteiger partial charge in [0.05, 0.1) is 27.8 Å². The van der Waals surface area contributed by atoms with E-state index in [0.717, 1.165) is 11.1 Å². The first kappa shape index (κ1) is 27.7. The number of methoxy groups -OCH3 is 4. The number of allylic oxidation sites excluding steroid dienone is 1. The molecule has 1 aliphatic heterocycles. The van der Waals surface area contributed by atoms with Gasteiger partial charge < -0.3 is 28.4 Å². The molecular weight excluding hydrogens is 480 g/mol. The predicted molar refractivity (Wildman–Crippen MR) is 134 cm³/mol. The lowest BCUT2D eigenvalue weighted by Crippen LogP contribution is -2.27. The van der Waals surface area contributed by atoms with Gasteiger partial charge in [0.1, 0.15) is 29.8 Å². The number of carbonyl (C=O) groups is 3. The van der Waals surface area contributed by atoms with E-state index in [4.69, 9.17) is 28.4 Å². The van der Waals surface area contributed by atoms with Crippen molar-refractivity contribution in [2.45, 2.75) is 45.5 Å². The maximum Gasteiger partial charge on any atom is 0.342 e. The molecule has 0 aromatic heterocycles. The van der Waals surface area contributed by atoms with Crippen LogP contribution in [0, 0.1) is 6.92 Å².